The summed E-state index contributed by atoms with van der Waals surface area (Å²) in [5, 5.41) is 8.63. The van der Waals surface area contributed by atoms with Crippen LogP contribution in [0.4, 0.5) is 0 Å². The van der Waals surface area contributed by atoms with Crippen LogP contribution < -0.4 is 0 Å². The molecule has 0 aromatic carbocycles. The minimum absolute atomic E-state index is 0.178. The Morgan fingerprint density at radius 2 is 1.88 bits per heavy atom. The van der Waals surface area contributed by atoms with Crippen molar-refractivity contribution < 1.29 is 5.11 Å². The number of aliphatic hydroxyl groups excluding tert-OH is 1. The van der Waals surface area contributed by atoms with E-state index in [-0.39, 0.29) is 6.42 Å². The zero-order valence-corrected chi connectivity index (χ0v) is 6.63. The number of halogens is 3. The molecule has 1 N–H and O–H groups in total. The Labute approximate surface area is 63.5 Å². The number of alkyl halides is 3. The molecule has 1 nitrogen and oxygen atoms in total. The SMILES string of the molecule is C[C@H](O)CC(Cl)(Cl)Cl. The molecule has 0 spiro atoms. The summed E-state index contributed by atoms with van der Waals surface area (Å²) in [7, 11) is 0. The molecule has 1 atom stereocenters. The first kappa shape index (κ1) is 8.83. The van der Waals surface area contributed by atoms with Gasteiger partial charge in [-0.05, 0) is 6.92 Å². The zero-order valence-electron chi connectivity index (χ0n) is 4.37. The predicted octanol–water partition coefficient (Wildman–Crippen LogP) is 2.13. The van der Waals surface area contributed by atoms with Crippen molar-refractivity contribution in [2.75, 3.05) is 0 Å². The number of aliphatic hydroxyl groups is 1. The molecule has 4 heteroatoms. The van der Waals surface area contributed by atoms with Crippen LogP contribution in [0.5, 0.6) is 0 Å². The first-order chi connectivity index (χ1) is 3.42. The molecule has 0 aliphatic rings. The highest BCUT2D eigenvalue weighted by Gasteiger charge is 2.21. The molecule has 8 heavy (non-hydrogen) atoms. The van der Waals surface area contributed by atoms with Crippen molar-refractivity contribution in [3.63, 3.8) is 0 Å². The lowest BCUT2D eigenvalue weighted by molar-refractivity contribution is 0.186. The predicted molar refractivity (Wildman–Crippen MR) is 36.6 cm³/mol. The van der Waals surface area contributed by atoms with Crippen molar-refractivity contribution in [1.29, 1.82) is 0 Å². The number of hydrogen-bond donors (Lipinski definition) is 1. The molecule has 0 bridgehead atoms. The number of rotatable bonds is 1. The van der Waals surface area contributed by atoms with E-state index in [1.807, 2.05) is 0 Å². The molecule has 0 aromatic heterocycles. The van der Waals surface area contributed by atoms with Gasteiger partial charge < -0.3 is 5.11 Å². The lowest BCUT2D eigenvalue weighted by atomic mass is 10.3. The monoisotopic (exact) mass is 176 g/mol. The van der Waals surface area contributed by atoms with Gasteiger partial charge in [0.1, 0.15) is 0 Å². The maximum atomic E-state index is 8.63. The van der Waals surface area contributed by atoms with Crippen molar-refractivity contribution in [3.8, 4) is 0 Å². The normalized spacial score (nSPS) is 16.1. The Bertz CT molecular complexity index is 66.2. The molecule has 0 aliphatic heterocycles. The average molecular weight is 177 g/mol. The molecule has 0 saturated heterocycles. The van der Waals surface area contributed by atoms with Crippen LogP contribution in [0.3, 0.4) is 0 Å². The molecule has 0 amide bonds. The van der Waals surface area contributed by atoms with Crippen LogP contribution in [0.25, 0.3) is 0 Å². The van der Waals surface area contributed by atoms with Gasteiger partial charge in [-0.3, -0.25) is 0 Å². The van der Waals surface area contributed by atoms with E-state index in [1.165, 1.54) is 0 Å². The van der Waals surface area contributed by atoms with Gasteiger partial charge in [-0.2, -0.15) is 0 Å². The standard InChI is InChI=1S/C4H7Cl3O/c1-3(8)2-4(5,6)7/h3,8H,2H2,1H3/t3-/m0/s1. The Morgan fingerprint density at radius 3 is 1.88 bits per heavy atom. The van der Waals surface area contributed by atoms with Gasteiger partial charge in [0.15, 0.2) is 3.79 Å². The summed E-state index contributed by atoms with van der Waals surface area (Å²) in [6.45, 7) is 1.57. The van der Waals surface area contributed by atoms with Gasteiger partial charge in [0.25, 0.3) is 0 Å². The minimum Gasteiger partial charge on any atom is -0.393 e. The lowest BCUT2D eigenvalue weighted by Gasteiger charge is -2.11. The second-order valence-electron chi connectivity index (χ2n) is 1.67. The summed E-state index contributed by atoms with van der Waals surface area (Å²) in [6, 6.07) is 0. The third-order valence-electron chi connectivity index (χ3n) is 0.527. The molecule has 0 radical (unpaired) electrons. The van der Waals surface area contributed by atoms with Gasteiger partial charge in [0, 0.05) is 6.42 Å². The molecule has 0 saturated carbocycles. The van der Waals surface area contributed by atoms with Crippen LogP contribution in [0.1, 0.15) is 13.3 Å². The molecule has 0 unspecified atom stereocenters. The van der Waals surface area contributed by atoms with Crippen molar-refractivity contribution in [1.82, 2.24) is 0 Å². The van der Waals surface area contributed by atoms with Crippen molar-refractivity contribution >= 4 is 34.8 Å². The third kappa shape index (κ3) is 6.83. The van der Waals surface area contributed by atoms with Crippen LogP contribution >= 0.6 is 34.8 Å². The summed E-state index contributed by atoms with van der Waals surface area (Å²) in [6.07, 6.45) is -0.375. The Balaban J connectivity index is 3.39. The summed E-state index contributed by atoms with van der Waals surface area (Å²) in [4.78, 5) is 0. The molecule has 0 rings (SSSR count). The second kappa shape index (κ2) is 3.11. The topological polar surface area (TPSA) is 20.2 Å². The fraction of sp³-hybridized carbons (Fsp3) is 1.00. The average Bonchev–Trinajstić information content (AvgIpc) is 1.21. The van der Waals surface area contributed by atoms with Crippen molar-refractivity contribution in [2.24, 2.45) is 0 Å². The van der Waals surface area contributed by atoms with Crippen LogP contribution in [0.2, 0.25) is 0 Å². The fourth-order valence-electron chi connectivity index (χ4n) is 0.335. The van der Waals surface area contributed by atoms with E-state index in [0.29, 0.717) is 0 Å². The Kier molecular flexibility index (Phi) is 3.44. The van der Waals surface area contributed by atoms with Crippen LogP contribution in [-0.4, -0.2) is 15.0 Å². The maximum absolute atomic E-state index is 8.63. The molecular weight excluding hydrogens is 170 g/mol. The van der Waals surface area contributed by atoms with E-state index >= 15 is 0 Å². The quantitative estimate of drug-likeness (QED) is 0.609. The molecular formula is C4H7Cl3O. The van der Waals surface area contributed by atoms with E-state index < -0.39 is 9.90 Å². The number of hydrogen-bond acceptors (Lipinski definition) is 1. The summed E-state index contributed by atoms with van der Waals surface area (Å²) in [5.74, 6) is 0. The van der Waals surface area contributed by atoms with E-state index in [0.717, 1.165) is 0 Å². The Hall–Kier alpha value is 0.830. The van der Waals surface area contributed by atoms with E-state index in [1.54, 1.807) is 6.92 Å². The Morgan fingerprint density at radius 1 is 1.50 bits per heavy atom. The summed E-state index contributed by atoms with van der Waals surface area (Å²) >= 11 is 15.9. The summed E-state index contributed by atoms with van der Waals surface area (Å²) in [5.41, 5.74) is 0. The summed E-state index contributed by atoms with van der Waals surface area (Å²) < 4.78 is -1.31. The van der Waals surface area contributed by atoms with E-state index in [9.17, 15) is 0 Å². The van der Waals surface area contributed by atoms with Crippen LogP contribution in [0, 0.1) is 0 Å². The lowest BCUT2D eigenvalue weighted by Crippen LogP contribution is -2.12. The van der Waals surface area contributed by atoms with E-state index in [2.05, 4.69) is 0 Å². The molecule has 0 aromatic rings. The largest absolute Gasteiger partial charge is 0.393 e. The minimum atomic E-state index is -1.31. The highest BCUT2D eigenvalue weighted by atomic mass is 35.6. The second-order valence-corrected chi connectivity index (χ2v) is 4.18. The fourth-order valence-corrected chi connectivity index (χ4v) is 1.00. The van der Waals surface area contributed by atoms with Crippen molar-refractivity contribution in [2.45, 2.75) is 23.2 Å². The first-order valence-electron chi connectivity index (χ1n) is 2.16. The molecule has 0 fully saturated rings. The smallest absolute Gasteiger partial charge is 0.193 e. The van der Waals surface area contributed by atoms with Gasteiger partial charge >= 0.3 is 0 Å². The van der Waals surface area contributed by atoms with Gasteiger partial charge in [-0.1, -0.05) is 34.8 Å². The third-order valence-corrected chi connectivity index (χ3v) is 0.990. The highest BCUT2D eigenvalue weighted by Crippen LogP contribution is 2.30. The highest BCUT2D eigenvalue weighted by molar-refractivity contribution is 6.67. The van der Waals surface area contributed by atoms with Gasteiger partial charge in [0.05, 0.1) is 6.10 Å². The van der Waals surface area contributed by atoms with Gasteiger partial charge in [-0.15, -0.1) is 0 Å². The maximum Gasteiger partial charge on any atom is 0.193 e. The first-order valence-corrected chi connectivity index (χ1v) is 3.30. The van der Waals surface area contributed by atoms with Crippen molar-refractivity contribution in [3.05, 3.63) is 0 Å². The van der Waals surface area contributed by atoms with Gasteiger partial charge in [0.2, 0.25) is 0 Å². The van der Waals surface area contributed by atoms with Gasteiger partial charge in [-0.25, -0.2) is 0 Å². The molecule has 0 aliphatic carbocycles. The van der Waals surface area contributed by atoms with Crippen LogP contribution in [-0.2, 0) is 0 Å². The molecule has 50 valence electrons. The zero-order chi connectivity index (χ0) is 6.78. The van der Waals surface area contributed by atoms with E-state index in [4.69, 9.17) is 39.9 Å². The van der Waals surface area contributed by atoms with Crippen LogP contribution in [0.15, 0.2) is 0 Å². The molecule has 0 heterocycles.